The van der Waals surface area contributed by atoms with E-state index in [1.165, 1.54) is 7.11 Å². The van der Waals surface area contributed by atoms with E-state index in [-0.39, 0.29) is 5.91 Å². The number of hydrogen-bond donors (Lipinski definition) is 3. The number of carbonyl (C=O) groups is 2. The number of aliphatic hydroxyl groups is 1. The lowest BCUT2D eigenvalue weighted by Crippen LogP contribution is -2.47. The number of fused-ring (bicyclic) bond motifs is 3. The number of carbonyl (C=O) groups excluding carboxylic acids is 2. The van der Waals surface area contributed by atoms with Crippen molar-refractivity contribution in [1.82, 2.24) is 5.32 Å². The van der Waals surface area contributed by atoms with E-state index in [0.29, 0.717) is 11.4 Å². The van der Waals surface area contributed by atoms with Crippen LogP contribution in [0.25, 0.3) is 11.1 Å². The molecule has 0 fully saturated rings. The Kier molecular flexibility index (Phi) is 5.50. The summed E-state index contributed by atoms with van der Waals surface area (Å²) in [6, 6.07) is 21.3. The minimum absolute atomic E-state index is 0.327. The van der Waals surface area contributed by atoms with Crippen LogP contribution in [0.2, 0.25) is 0 Å². The molecule has 0 heterocycles. The molecule has 1 atom stereocenters. The van der Waals surface area contributed by atoms with Crippen LogP contribution >= 0.6 is 0 Å². The molecule has 1 aliphatic carbocycles. The van der Waals surface area contributed by atoms with Crippen LogP contribution in [0.5, 0.6) is 5.75 Å². The van der Waals surface area contributed by atoms with Gasteiger partial charge in [0.2, 0.25) is 11.8 Å². The van der Waals surface area contributed by atoms with Crippen molar-refractivity contribution in [3.63, 3.8) is 0 Å². The predicted octanol–water partition coefficient (Wildman–Crippen LogP) is 2.92. The van der Waals surface area contributed by atoms with Gasteiger partial charge in [0.15, 0.2) is 0 Å². The smallest absolute Gasteiger partial charge is 0.249 e. The Morgan fingerprint density at radius 1 is 0.967 bits per heavy atom. The summed E-state index contributed by atoms with van der Waals surface area (Å²) in [5.74, 6) is -0.765. The molecule has 3 aromatic rings. The lowest BCUT2D eigenvalue weighted by molar-refractivity contribution is -0.127. The number of ether oxygens (including phenoxy) is 1. The third-order valence-corrected chi connectivity index (χ3v) is 5.25. The number of benzene rings is 3. The van der Waals surface area contributed by atoms with Crippen molar-refractivity contribution < 1.29 is 19.4 Å². The Balaban J connectivity index is 1.54. The second-order valence-corrected chi connectivity index (χ2v) is 7.07. The van der Waals surface area contributed by atoms with E-state index < -0.39 is 24.5 Å². The summed E-state index contributed by atoms with van der Waals surface area (Å²) in [5, 5.41) is 15.2. The van der Waals surface area contributed by atoms with Crippen LogP contribution in [-0.4, -0.2) is 36.7 Å². The van der Waals surface area contributed by atoms with Crippen LogP contribution < -0.4 is 15.4 Å². The van der Waals surface area contributed by atoms with E-state index in [9.17, 15) is 14.7 Å². The van der Waals surface area contributed by atoms with Crippen LogP contribution in [0.3, 0.4) is 0 Å². The monoisotopic (exact) mass is 402 g/mol. The Labute approximate surface area is 174 Å². The van der Waals surface area contributed by atoms with E-state index in [2.05, 4.69) is 10.6 Å². The number of methoxy groups -OCH3 is 1. The molecule has 3 N–H and O–H groups in total. The SMILES string of the molecule is COc1cccc(NC(=O)C(CO)NC(=O)C2c3ccccc3-c3ccccc32)c1. The third kappa shape index (κ3) is 3.65. The summed E-state index contributed by atoms with van der Waals surface area (Å²) in [4.78, 5) is 25.8. The molecule has 0 spiro atoms. The first-order valence-corrected chi connectivity index (χ1v) is 9.66. The fraction of sp³-hybridized carbons (Fsp3) is 0.167. The molecule has 0 radical (unpaired) electrons. The number of amides is 2. The number of aliphatic hydroxyl groups excluding tert-OH is 1. The Morgan fingerprint density at radius 2 is 1.60 bits per heavy atom. The molecular formula is C24H22N2O4. The van der Waals surface area contributed by atoms with Gasteiger partial charge in [0.05, 0.1) is 19.6 Å². The standard InChI is InChI=1S/C24H22N2O4/c1-30-16-8-6-7-15(13-16)25-23(28)21(14-27)26-24(29)22-19-11-4-2-9-17(19)18-10-3-5-12-20(18)22/h2-13,21-22,27H,14H2,1H3,(H,25,28)(H,26,29). The van der Waals surface area contributed by atoms with Gasteiger partial charge in [-0.1, -0.05) is 54.6 Å². The summed E-state index contributed by atoms with van der Waals surface area (Å²) < 4.78 is 5.15. The summed E-state index contributed by atoms with van der Waals surface area (Å²) >= 11 is 0. The van der Waals surface area contributed by atoms with Gasteiger partial charge >= 0.3 is 0 Å². The normalized spacial score (nSPS) is 13.1. The Bertz CT molecular complexity index is 1050. The topological polar surface area (TPSA) is 87.7 Å². The molecule has 6 heteroatoms. The van der Waals surface area contributed by atoms with E-state index in [1.807, 2.05) is 48.5 Å². The van der Waals surface area contributed by atoms with Gasteiger partial charge in [-0.05, 0) is 34.4 Å². The summed E-state index contributed by atoms with van der Waals surface area (Å²) in [6.07, 6.45) is 0. The van der Waals surface area contributed by atoms with Crippen LogP contribution in [-0.2, 0) is 9.59 Å². The molecular weight excluding hydrogens is 380 g/mol. The molecule has 0 aromatic heterocycles. The number of rotatable bonds is 6. The van der Waals surface area contributed by atoms with E-state index in [4.69, 9.17) is 4.74 Å². The molecule has 2 amide bonds. The van der Waals surface area contributed by atoms with Crippen molar-refractivity contribution in [2.75, 3.05) is 19.0 Å². The molecule has 1 unspecified atom stereocenters. The van der Waals surface area contributed by atoms with Crippen molar-refractivity contribution in [3.05, 3.63) is 83.9 Å². The fourth-order valence-corrected chi connectivity index (χ4v) is 3.82. The third-order valence-electron chi connectivity index (χ3n) is 5.25. The summed E-state index contributed by atoms with van der Waals surface area (Å²) in [7, 11) is 1.54. The second kappa shape index (κ2) is 8.39. The highest BCUT2D eigenvalue weighted by molar-refractivity contribution is 6.01. The van der Waals surface area contributed by atoms with E-state index in [1.54, 1.807) is 24.3 Å². The highest BCUT2D eigenvalue weighted by Crippen LogP contribution is 2.44. The maximum Gasteiger partial charge on any atom is 0.249 e. The molecule has 0 saturated carbocycles. The first-order chi connectivity index (χ1) is 14.6. The van der Waals surface area contributed by atoms with Crippen LogP contribution in [0.4, 0.5) is 5.69 Å². The van der Waals surface area contributed by atoms with Gasteiger partial charge in [-0.25, -0.2) is 0 Å². The average molecular weight is 402 g/mol. The van der Waals surface area contributed by atoms with Crippen molar-refractivity contribution in [3.8, 4) is 16.9 Å². The highest BCUT2D eigenvalue weighted by atomic mass is 16.5. The molecule has 4 rings (SSSR count). The first kappa shape index (κ1) is 19.7. The first-order valence-electron chi connectivity index (χ1n) is 9.66. The molecule has 0 saturated heterocycles. The maximum atomic E-state index is 13.2. The number of anilines is 1. The van der Waals surface area contributed by atoms with E-state index >= 15 is 0 Å². The van der Waals surface area contributed by atoms with Gasteiger partial charge in [0, 0.05) is 11.8 Å². The lowest BCUT2D eigenvalue weighted by atomic mass is 9.95. The molecule has 1 aliphatic rings. The Hall–Kier alpha value is -3.64. The largest absolute Gasteiger partial charge is 0.497 e. The number of nitrogens with one attached hydrogen (secondary N) is 2. The van der Waals surface area contributed by atoms with Crippen molar-refractivity contribution in [2.45, 2.75) is 12.0 Å². The van der Waals surface area contributed by atoms with E-state index in [0.717, 1.165) is 22.3 Å². The predicted molar refractivity (Wildman–Crippen MR) is 114 cm³/mol. The molecule has 0 aliphatic heterocycles. The minimum Gasteiger partial charge on any atom is -0.497 e. The van der Waals surface area contributed by atoms with Gasteiger partial charge in [-0.2, -0.15) is 0 Å². The highest BCUT2D eigenvalue weighted by Gasteiger charge is 2.35. The van der Waals surface area contributed by atoms with Gasteiger partial charge in [0.25, 0.3) is 0 Å². The molecule has 30 heavy (non-hydrogen) atoms. The molecule has 152 valence electrons. The second-order valence-electron chi connectivity index (χ2n) is 7.07. The minimum atomic E-state index is -1.08. The maximum absolute atomic E-state index is 13.2. The van der Waals surface area contributed by atoms with Crippen LogP contribution in [0.1, 0.15) is 17.0 Å². The quantitative estimate of drug-likeness (QED) is 0.592. The van der Waals surface area contributed by atoms with Gasteiger partial charge in [0.1, 0.15) is 11.8 Å². The lowest BCUT2D eigenvalue weighted by Gasteiger charge is -2.20. The molecule has 0 bridgehead atoms. The zero-order valence-corrected chi connectivity index (χ0v) is 16.5. The zero-order valence-electron chi connectivity index (χ0n) is 16.5. The zero-order chi connectivity index (χ0) is 21.1. The van der Waals surface area contributed by atoms with Crippen LogP contribution in [0, 0.1) is 0 Å². The van der Waals surface area contributed by atoms with Gasteiger partial charge < -0.3 is 20.5 Å². The van der Waals surface area contributed by atoms with Crippen LogP contribution in [0.15, 0.2) is 72.8 Å². The summed E-state index contributed by atoms with van der Waals surface area (Å²) in [5.41, 5.74) is 4.31. The van der Waals surface area contributed by atoms with Crippen molar-refractivity contribution in [2.24, 2.45) is 0 Å². The van der Waals surface area contributed by atoms with Crippen molar-refractivity contribution in [1.29, 1.82) is 0 Å². The van der Waals surface area contributed by atoms with Crippen molar-refractivity contribution >= 4 is 17.5 Å². The number of hydrogen-bond acceptors (Lipinski definition) is 4. The van der Waals surface area contributed by atoms with Gasteiger partial charge in [-0.3, -0.25) is 9.59 Å². The fourth-order valence-electron chi connectivity index (χ4n) is 3.82. The molecule has 6 nitrogen and oxygen atoms in total. The Morgan fingerprint density at radius 3 is 2.20 bits per heavy atom. The molecule has 3 aromatic carbocycles. The van der Waals surface area contributed by atoms with Gasteiger partial charge in [-0.15, -0.1) is 0 Å². The summed E-state index contributed by atoms with van der Waals surface area (Å²) in [6.45, 7) is -0.516. The average Bonchev–Trinajstić information content (AvgIpc) is 3.12.